The van der Waals surface area contributed by atoms with Gasteiger partial charge in [0.1, 0.15) is 5.65 Å². The second-order valence-electron chi connectivity index (χ2n) is 5.06. The SMILES string of the molecule is CC(C)c1cc(=O)c2cccnc2n1C1CC1. The van der Waals surface area contributed by atoms with E-state index >= 15 is 0 Å². The zero-order valence-corrected chi connectivity index (χ0v) is 10.2. The molecular formula is C14H16N2O. The van der Waals surface area contributed by atoms with E-state index in [0.29, 0.717) is 12.0 Å². The summed E-state index contributed by atoms with van der Waals surface area (Å²) in [6, 6.07) is 6.03. The Hall–Kier alpha value is -1.64. The first-order valence-corrected chi connectivity index (χ1v) is 6.18. The van der Waals surface area contributed by atoms with Crippen LogP contribution in [0, 0.1) is 0 Å². The molecule has 0 spiro atoms. The molecule has 0 amide bonds. The summed E-state index contributed by atoms with van der Waals surface area (Å²) in [4.78, 5) is 16.5. The fraction of sp³-hybridized carbons (Fsp3) is 0.429. The van der Waals surface area contributed by atoms with Gasteiger partial charge in [0, 0.05) is 24.0 Å². The van der Waals surface area contributed by atoms with E-state index < -0.39 is 0 Å². The predicted molar refractivity (Wildman–Crippen MR) is 68.4 cm³/mol. The standard InChI is InChI=1S/C14H16N2O/c1-9(2)12-8-13(17)11-4-3-7-15-14(11)16(12)10-5-6-10/h3-4,7-10H,5-6H2,1-2H3. The van der Waals surface area contributed by atoms with E-state index in [4.69, 9.17) is 0 Å². The van der Waals surface area contributed by atoms with Gasteiger partial charge in [-0.25, -0.2) is 4.98 Å². The topological polar surface area (TPSA) is 34.9 Å². The van der Waals surface area contributed by atoms with Crippen LogP contribution in [-0.4, -0.2) is 9.55 Å². The molecule has 88 valence electrons. The molecule has 0 unspecified atom stereocenters. The van der Waals surface area contributed by atoms with Crippen molar-refractivity contribution in [1.29, 1.82) is 0 Å². The smallest absolute Gasteiger partial charge is 0.191 e. The van der Waals surface area contributed by atoms with Crippen molar-refractivity contribution in [3.63, 3.8) is 0 Å². The molecule has 0 atom stereocenters. The highest BCUT2D eigenvalue weighted by Crippen LogP contribution is 2.38. The molecule has 2 aromatic rings. The Bertz CT molecular complexity index is 624. The summed E-state index contributed by atoms with van der Waals surface area (Å²) in [5, 5.41) is 0.740. The second kappa shape index (κ2) is 3.69. The molecule has 2 aromatic heterocycles. The average molecular weight is 228 g/mol. The van der Waals surface area contributed by atoms with E-state index in [2.05, 4.69) is 23.4 Å². The molecule has 1 fully saturated rings. The van der Waals surface area contributed by atoms with Crippen LogP contribution in [0.15, 0.2) is 29.2 Å². The summed E-state index contributed by atoms with van der Waals surface area (Å²) >= 11 is 0. The number of rotatable bonds is 2. The van der Waals surface area contributed by atoms with Crippen LogP contribution in [-0.2, 0) is 0 Å². The number of hydrogen-bond donors (Lipinski definition) is 0. The third-order valence-corrected chi connectivity index (χ3v) is 3.34. The van der Waals surface area contributed by atoms with Crippen LogP contribution < -0.4 is 5.43 Å². The summed E-state index contributed by atoms with van der Waals surface area (Å²) in [5.41, 5.74) is 2.06. The van der Waals surface area contributed by atoms with Gasteiger partial charge in [-0.2, -0.15) is 0 Å². The highest BCUT2D eigenvalue weighted by molar-refractivity contribution is 5.75. The first-order chi connectivity index (χ1) is 8.18. The Morgan fingerprint density at radius 1 is 1.41 bits per heavy atom. The molecule has 0 aliphatic heterocycles. The van der Waals surface area contributed by atoms with Crippen LogP contribution in [0.2, 0.25) is 0 Å². The fourth-order valence-corrected chi connectivity index (χ4v) is 2.35. The van der Waals surface area contributed by atoms with Gasteiger partial charge >= 0.3 is 0 Å². The Morgan fingerprint density at radius 3 is 2.82 bits per heavy atom. The highest BCUT2D eigenvalue weighted by atomic mass is 16.1. The molecule has 17 heavy (non-hydrogen) atoms. The van der Waals surface area contributed by atoms with Gasteiger partial charge in [-0.05, 0) is 30.9 Å². The summed E-state index contributed by atoms with van der Waals surface area (Å²) < 4.78 is 2.27. The third kappa shape index (κ3) is 1.66. The van der Waals surface area contributed by atoms with Crippen LogP contribution in [0.5, 0.6) is 0 Å². The molecule has 2 heterocycles. The maximum Gasteiger partial charge on any atom is 0.191 e. The van der Waals surface area contributed by atoms with Crippen molar-refractivity contribution in [2.24, 2.45) is 0 Å². The molecule has 0 saturated heterocycles. The first kappa shape index (κ1) is 10.5. The molecule has 0 bridgehead atoms. The van der Waals surface area contributed by atoms with Gasteiger partial charge in [0.25, 0.3) is 0 Å². The van der Waals surface area contributed by atoms with Crippen LogP contribution >= 0.6 is 0 Å². The third-order valence-electron chi connectivity index (χ3n) is 3.34. The zero-order chi connectivity index (χ0) is 12.0. The molecule has 3 heteroatoms. The Kier molecular flexibility index (Phi) is 2.28. The summed E-state index contributed by atoms with van der Waals surface area (Å²) in [5.74, 6) is 0.356. The lowest BCUT2D eigenvalue weighted by atomic mass is 10.1. The average Bonchev–Trinajstić information content (AvgIpc) is 3.13. The number of hydrogen-bond acceptors (Lipinski definition) is 2. The number of fused-ring (bicyclic) bond motifs is 1. The molecule has 0 aromatic carbocycles. The van der Waals surface area contributed by atoms with Crippen LogP contribution in [0.25, 0.3) is 11.0 Å². The lowest BCUT2D eigenvalue weighted by molar-refractivity contribution is 0.661. The van der Waals surface area contributed by atoms with Crippen LogP contribution in [0.3, 0.4) is 0 Å². The maximum absolute atomic E-state index is 12.0. The summed E-state index contributed by atoms with van der Waals surface area (Å²) in [6.07, 6.45) is 4.17. The normalized spacial score (nSPS) is 15.7. The lowest BCUT2D eigenvalue weighted by Gasteiger charge is -2.17. The van der Waals surface area contributed by atoms with Gasteiger partial charge in [-0.15, -0.1) is 0 Å². The van der Waals surface area contributed by atoms with Crippen molar-refractivity contribution in [1.82, 2.24) is 9.55 Å². The lowest BCUT2D eigenvalue weighted by Crippen LogP contribution is -2.15. The summed E-state index contributed by atoms with van der Waals surface area (Å²) in [7, 11) is 0. The first-order valence-electron chi connectivity index (χ1n) is 6.18. The van der Waals surface area contributed by atoms with Gasteiger partial charge in [0.2, 0.25) is 0 Å². The quantitative estimate of drug-likeness (QED) is 0.792. The van der Waals surface area contributed by atoms with E-state index in [1.807, 2.05) is 12.1 Å². The minimum atomic E-state index is 0.0914. The molecule has 0 N–H and O–H groups in total. The van der Waals surface area contributed by atoms with Crippen molar-refractivity contribution >= 4 is 11.0 Å². The van der Waals surface area contributed by atoms with Gasteiger partial charge in [-0.1, -0.05) is 13.8 Å². The van der Waals surface area contributed by atoms with E-state index in [1.54, 1.807) is 12.3 Å². The Morgan fingerprint density at radius 2 is 2.18 bits per heavy atom. The molecule has 0 radical (unpaired) electrons. The van der Waals surface area contributed by atoms with Crippen molar-refractivity contribution < 1.29 is 0 Å². The second-order valence-corrected chi connectivity index (χ2v) is 5.06. The minimum Gasteiger partial charge on any atom is -0.326 e. The number of nitrogens with zero attached hydrogens (tertiary/aromatic N) is 2. The Labute approximate surface area is 100 Å². The van der Waals surface area contributed by atoms with E-state index in [9.17, 15) is 4.79 Å². The maximum atomic E-state index is 12.0. The highest BCUT2D eigenvalue weighted by Gasteiger charge is 2.28. The van der Waals surface area contributed by atoms with Gasteiger partial charge in [-0.3, -0.25) is 4.79 Å². The van der Waals surface area contributed by atoms with Crippen molar-refractivity contribution in [3.8, 4) is 0 Å². The Balaban J connectivity index is 2.41. The number of aromatic nitrogens is 2. The molecule has 3 nitrogen and oxygen atoms in total. The van der Waals surface area contributed by atoms with Crippen LogP contribution in [0.4, 0.5) is 0 Å². The number of pyridine rings is 2. The molecule has 1 aliphatic rings. The van der Waals surface area contributed by atoms with Gasteiger partial charge in [0.15, 0.2) is 5.43 Å². The largest absolute Gasteiger partial charge is 0.326 e. The minimum absolute atomic E-state index is 0.0914. The van der Waals surface area contributed by atoms with Crippen LogP contribution in [0.1, 0.15) is 44.3 Å². The van der Waals surface area contributed by atoms with Crippen molar-refractivity contribution in [3.05, 3.63) is 40.3 Å². The zero-order valence-electron chi connectivity index (χ0n) is 10.2. The van der Waals surface area contributed by atoms with E-state index in [0.717, 1.165) is 16.7 Å². The van der Waals surface area contributed by atoms with Gasteiger partial charge in [0.05, 0.1) is 5.39 Å². The van der Waals surface area contributed by atoms with E-state index in [-0.39, 0.29) is 5.43 Å². The molecular weight excluding hydrogens is 212 g/mol. The monoisotopic (exact) mass is 228 g/mol. The fourth-order valence-electron chi connectivity index (χ4n) is 2.35. The van der Waals surface area contributed by atoms with Crippen molar-refractivity contribution in [2.45, 2.75) is 38.6 Å². The molecule has 1 aliphatic carbocycles. The van der Waals surface area contributed by atoms with Crippen molar-refractivity contribution in [2.75, 3.05) is 0 Å². The van der Waals surface area contributed by atoms with Gasteiger partial charge < -0.3 is 4.57 Å². The van der Waals surface area contributed by atoms with E-state index in [1.165, 1.54) is 12.8 Å². The predicted octanol–water partition coefficient (Wildman–Crippen LogP) is 2.85. The molecule has 3 rings (SSSR count). The summed E-state index contributed by atoms with van der Waals surface area (Å²) in [6.45, 7) is 4.25. The molecule has 1 saturated carbocycles.